The number of carbonyl (C=O) groups excluding carboxylic acids is 1. The number of nitrogens with zero attached hydrogens (tertiary/aromatic N) is 3. The number of aromatic nitrogens is 2. The van der Waals surface area contributed by atoms with Crippen LogP contribution in [0.1, 0.15) is 40.9 Å². The Morgan fingerprint density at radius 2 is 1.88 bits per heavy atom. The Hall–Kier alpha value is -4.21. The molecule has 0 spiro atoms. The van der Waals surface area contributed by atoms with Gasteiger partial charge in [-0.2, -0.15) is 0 Å². The standard InChI is InChI=1S/C33H28F2N4O2S/c1-17(2)41-27-13-22(34)12-25(35)28(27)29-31(26-11-21-16-39(3)8-6-19(21)14-36-26)38-30(24-7-9-42-32(24)29)18-4-5-23-20(10-18)15-37-33(23)40/h4-5,7,9-14,17H,6,8,15-16H2,1-3H3,(H,37,40). The molecule has 2 aliphatic heterocycles. The molecule has 0 bridgehead atoms. The zero-order valence-electron chi connectivity index (χ0n) is 23.4. The molecule has 0 atom stereocenters. The maximum atomic E-state index is 15.9. The molecule has 2 aliphatic rings. The summed E-state index contributed by atoms with van der Waals surface area (Å²) in [4.78, 5) is 24.5. The highest BCUT2D eigenvalue weighted by Gasteiger charge is 2.28. The second-order valence-electron chi connectivity index (χ2n) is 11.2. The van der Waals surface area contributed by atoms with E-state index < -0.39 is 11.6 Å². The van der Waals surface area contributed by atoms with Gasteiger partial charge in [0.05, 0.1) is 28.7 Å². The fourth-order valence-corrected chi connectivity index (χ4v) is 6.84. The van der Waals surface area contributed by atoms with Gasteiger partial charge in [-0.25, -0.2) is 13.8 Å². The van der Waals surface area contributed by atoms with E-state index in [1.165, 1.54) is 23.0 Å². The van der Waals surface area contributed by atoms with Crippen LogP contribution in [0.4, 0.5) is 8.78 Å². The van der Waals surface area contributed by atoms with Gasteiger partial charge in [-0.3, -0.25) is 9.78 Å². The summed E-state index contributed by atoms with van der Waals surface area (Å²) in [5.74, 6) is -1.41. The van der Waals surface area contributed by atoms with E-state index in [0.717, 1.165) is 52.4 Å². The summed E-state index contributed by atoms with van der Waals surface area (Å²) < 4.78 is 37.2. The van der Waals surface area contributed by atoms with Crippen molar-refractivity contribution in [1.29, 1.82) is 0 Å². The van der Waals surface area contributed by atoms with Crippen LogP contribution in [0.25, 0.3) is 43.9 Å². The van der Waals surface area contributed by atoms with Gasteiger partial charge in [-0.1, -0.05) is 6.07 Å². The molecule has 212 valence electrons. The molecule has 1 N–H and O–H groups in total. The molecule has 5 heterocycles. The lowest BCUT2D eigenvalue weighted by molar-refractivity contribution is 0.0965. The van der Waals surface area contributed by atoms with Crippen LogP contribution >= 0.6 is 11.3 Å². The summed E-state index contributed by atoms with van der Waals surface area (Å²) in [5, 5.41) is 5.64. The van der Waals surface area contributed by atoms with Crippen LogP contribution in [0.3, 0.4) is 0 Å². The number of hydrogen-bond acceptors (Lipinski definition) is 6. The Morgan fingerprint density at radius 1 is 1.02 bits per heavy atom. The molecule has 42 heavy (non-hydrogen) atoms. The van der Waals surface area contributed by atoms with Crippen molar-refractivity contribution < 1.29 is 18.3 Å². The monoisotopic (exact) mass is 582 g/mol. The molecule has 9 heteroatoms. The molecule has 0 radical (unpaired) electrons. The summed E-state index contributed by atoms with van der Waals surface area (Å²) in [6, 6.07) is 11.8. The highest BCUT2D eigenvalue weighted by Crippen LogP contribution is 2.47. The molecule has 0 saturated heterocycles. The molecule has 0 saturated carbocycles. The lowest BCUT2D eigenvalue weighted by Crippen LogP contribution is -2.26. The number of benzene rings is 2. The maximum Gasteiger partial charge on any atom is 0.251 e. The van der Waals surface area contributed by atoms with Crippen LogP contribution in [0.15, 0.2) is 54.0 Å². The summed E-state index contributed by atoms with van der Waals surface area (Å²) in [5.41, 5.74) is 7.21. The molecule has 5 aromatic rings. The molecule has 3 aromatic heterocycles. The quantitative estimate of drug-likeness (QED) is 0.242. The average Bonchev–Trinajstić information content (AvgIpc) is 3.58. The van der Waals surface area contributed by atoms with Crippen molar-refractivity contribution in [2.45, 2.75) is 39.5 Å². The van der Waals surface area contributed by atoms with E-state index in [4.69, 9.17) is 14.7 Å². The van der Waals surface area contributed by atoms with Crippen molar-refractivity contribution in [3.8, 4) is 39.5 Å². The fraction of sp³-hybridized carbons (Fsp3) is 0.242. The molecule has 0 fully saturated rings. The van der Waals surface area contributed by atoms with Gasteiger partial charge in [0.1, 0.15) is 17.4 Å². The molecular weight excluding hydrogens is 554 g/mol. The highest BCUT2D eigenvalue weighted by molar-refractivity contribution is 7.18. The molecule has 1 amide bonds. The van der Waals surface area contributed by atoms with Crippen molar-refractivity contribution >= 4 is 27.3 Å². The number of rotatable bonds is 5. The number of hydrogen-bond donors (Lipinski definition) is 1. The van der Waals surface area contributed by atoms with Gasteiger partial charge in [0, 0.05) is 64.7 Å². The number of fused-ring (bicyclic) bond motifs is 3. The number of pyridine rings is 2. The Balaban J connectivity index is 1.54. The number of amides is 1. The number of halogens is 2. The number of carbonyl (C=O) groups is 1. The smallest absolute Gasteiger partial charge is 0.251 e. The van der Waals surface area contributed by atoms with Gasteiger partial charge in [-0.05, 0) is 73.7 Å². The molecular formula is C33H28F2N4O2S. The minimum Gasteiger partial charge on any atom is -0.490 e. The first-order chi connectivity index (χ1) is 20.3. The van der Waals surface area contributed by atoms with Gasteiger partial charge in [0.25, 0.3) is 5.91 Å². The fourth-order valence-electron chi connectivity index (χ4n) is 5.89. The van der Waals surface area contributed by atoms with E-state index in [1.807, 2.05) is 55.8 Å². The van der Waals surface area contributed by atoms with Crippen LogP contribution in [0, 0.1) is 11.6 Å². The van der Waals surface area contributed by atoms with E-state index >= 15 is 4.39 Å². The van der Waals surface area contributed by atoms with Crippen LogP contribution < -0.4 is 10.1 Å². The maximum absolute atomic E-state index is 15.9. The van der Waals surface area contributed by atoms with E-state index in [2.05, 4.69) is 17.3 Å². The molecule has 0 aliphatic carbocycles. The van der Waals surface area contributed by atoms with Gasteiger partial charge in [0.2, 0.25) is 0 Å². The zero-order chi connectivity index (χ0) is 29.1. The second kappa shape index (κ2) is 10.3. The van der Waals surface area contributed by atoms with Crippen molar-refractivity contribution in [1.82, 2.24) is 20.2 Å². The largest absolute Gasteiger partial charge is 0.490 e. The SMILES string of the molecule is CC(C)Oc1cc(F)cc(F)c1-c1c(-c2cc3c(cn2)CCN(C)C3)nc(-c2ccc3c(c2)CNC3=O)c2ccsc12. The predicted octanol–water partition coefficient (Wildman–Crippen LogP) is 6.99. The average molecular weight is 583 g/mol. The third-order valence-electron chi connectivity index (χ3n) is 7.83. The first-order valence-corrected chi connectivity index (χ1v) is 14.8. The first kappa shape index (κ1) is 26.7. The number of thiophene rings is 1. The predicted molar refractivity (Wildman–Crippen MR) is 161 cm³/mol. The minimum atomic E-state index is -0.726. The van der Waals surface area contributed by atoms with Crippen LogP contribution in [-0.2, 0) is 19.5 Å². The van der Waals surface area contributed by atoms with E-state index in [0.29, 0.717) is 34.8 Å². The van der Waals surface area contributed by atoms with Gasteiger partial charge >= 0.3 is 0 Å². The lowest BCUT2D eigenvalue weighted by Gasteiger charge is -2.25. The van der Waals surface area contributed by atoms with Crippen molar-refractivity contribution in [2.75, 3.05) is 13.6 Å². The van der Waals surface area contributed by atoms with E-state index in [1.54, 1.807) is 0 Å². The van der Waals surface area contributed by atoms with Gasteiger partial charge < -0.3 is 15.0 Å². The van der Waals surface area contributed by atoms with Crippen LogP contribution in [0.2, 0.25) is 0 Å². The number of nitrogens with one attached hydrogen (secondary N) is 1. The third-order valence-corrected chi connectivity index (χ3v) is 8.76. The van der Waals surface area contributed by atoms with Crippen molar-refractivity contribution in [2.24, 2.45) is 0 Å². The first-order valence-electron chi connectivity index (χ1n) is 13.9. The van der Waals surface area contributed by atoms with E-state index in [9.17, 15) is 9.18 Å². The lowest BCUT2D eigenvalue weighted by atomic mass is 9.94. The second-order valence-corrected chi connectivity index (χ2v) is 12.1. The molecule has 7 rings (SSSR count). The number of likely N-dealkylation sites (N-methyl/N-ethyl adjacent to an activating group) is 1. The molecule has 2 aromatic carbocycles. The Kier molecular flexibility index (Phi) is 6.51. The normalized spacial score (nSPS) is 14.8. The zero-order valence-corrected chi connectivity index (χ0v) is 24.2. The van der Waals surface area contributed by atoms with E-state index in [-0.39, 0.29) is 23.3 Å². The summed E-state index contributed by atoms with van der Waals surface area (Å²) in [6.07, 6.45) is 2.48. The minimum absolute atomic E-state index is 0.0890. The molecule has 0 unspecified atom stereocenters. The van der Waals surface area contributed by atoms with Crippen molar-refractivity contribution in [3.63, 3.8) is 0 Å². The summed E-state index contributed by atoms with van der Waals surface area (Å²) in [6.45, 7) is 5.83. The number of ether oxygens (including phenoxy) is 1. The Bertz CT molecular complexity index is 1900. The molecule has 6 nitrogen and oxygen atoms in total. The third kappa shape index (κ3) is 4.53. The van der Waals surface area contributed by atoms with Gasteiger partial charge in [0.15, 0.2) is 0 Å². The topological polar surface area (TPSA) is 67.3 Å². The summed E-state index contributed by atoms with van der Waals surface area (Å²) in [7, 11) is 2.08. The van der Waals surface area contributed by atoms with Crippen molar-refractivity contribution in [3.05, 3.63) is 87.9 Å². The summed E-state index contributed by atoms with van der Waals surface area (Å²) >= 11 is 1.46. The van der Waals surface area contributed by atoms with Crippen LogP contribution in [-0.4, -0.2) is 40.5 Å². The van der Waals surface area contributed by atoms with Crippen LogP contribution in [0.5, 0.6) is 5.75 Å². The highest BCUT2D eigenvalue weighted by atomic mass is 32.1. The Labute approximate surface area is 246 Å². The Morgan fingerprint density at radius 3 is 2.71 bits per heavy atom. The van der Waals surface area contributed by atoms with Gasteiger partial charge in [-0.15, -0.1) is 11.3 Å².